The number of nitrogens with one attached hydrogen (secondary N) is 1. The van der Waals surface area contributed by atoms with E-state index in [0.29, 0.717) is 24.5 Å². The molecule has 1 aliphatic carbocycles. The number of carbonyl (C=O) groups is 1. The Hall–Kier alpha value is -2.16. The summed E-state index contributed by atoms with van der Waals surface area (Å²) in [4.78, 5) is 19.9. The fourth-order valence-corrected chi connectivity index (χ4v) is 2.81. The van der Waals surface area contributed by atoms with Crippen LogP contribution in [0.4, 0.5) is 5.95 Å². The van der Waals surface area contributed by atoms with E-state index in [1.807, 2.05) is 6.07 Å². The molecule has 0 radical (unpaired) electrons. The van der Waals surface area contributed by atoms with E-state index in [0.717, 1.165) is 12.8 Å². The largest absolute Gasteiger partial charge is 0.480 e. The molecule has 0 spiro atoms. The molecule has 2 unspecified atom stereocenters. The molecule has 0 saturated heterocycles. The molecule has 0 aliphatic heterocycles. The highest BCUT2D eigenvalue weighted by Gasteiger charge is 2.42. The summed E-state index contributed by atoms with van der Waals surface area (Å²) in [5, 5.41) is 21.5. The van der Waals surface area contributed by atoms with Gasteiger partial charge in [-0.15, -0.1) is 0 Å². The lowest BCUT2D eigenvalue weighted by Crippen LogP contribution is -2.50. The van der Waals surface area contributed by atoms with Gasteiger partial charge in [-0.2, -0.15) is 5.26 Å². The Bertz CT molecular complexity index is 567. The van der Waals surface area contributed by atoms with Gasteiger partial charge in [0, 0.05) is 5.69 Å². The van der Waals surface area contributed by atoms with Crippen LogP contribution >= 0.6 is 0 Å². The fraction of sp³-hybridized carbons (Fsp3) is 0.571. The minimum absolute atomic E-state index is 0.220. The number of aryl methyl sites for hydroxylation is 1. The molecule has 0 amide bonds. The summed E-state index contributed by atoms with van der Waals surface area (Å²) in [6.45, 7) is 3.81. The highest BCUT2D eigenvalue weighted by atomic mass is 16.4. The lowest BCUT2D eigenvalue weighted by Gasteiger charge is -2.37. The molecule has 6 heteroatoms. The van der Waals surface area contributed by atoms with E-state index in [4.69, 9.17) is 5.26 Å². The van der Waals surface area contributed by atoms with E-state index < -0.39 is 11.5 Å². The first-order valence-electron chi connectivity index (χ1n) is 6.72. The van der Waals surface area contributed by atoms with Crippen LogP contribution < -0.4 is 5.32 Å². The Morgan fingerprint density at radius 3 is 2.95 bits per heavy atom. The highest BCUT2D eigenvalue weighted by Crippen LogP contribution is 2.34. The predicted molar refractivity (Wildman–Crippen MR) is 73.1 cm³/mol. The van der Waals surface area contributed by atoms with Gasteiger partial charge in [-0.3, -0.25) is 0 Å². The summed E-state index contributed by atoms with van der Waals surface area (Å²) in [6, 6.07) is 3.53. The molecule has 1 aliphatic rings. The van der Waals surface area contributed by atoms with Crippen LogP contribution in [0.2, 0.25) is 0 Å². The van der Waals surface area contributed by atoms with Gasteiger partial charge in [-0.1, -0.05) is 19.8 Å². The molecule has 2 N–H and O–H groups in total. The molecule has 106 valence electrons. The smallest absolute Gasteiger partial charge is 0.329 e. The minimum Gasteiger partial charge on any atom is -0.480 e. The molecule has 1 aromatic rings. The number of carboxylic acids is 1. The Labute approximate surface area is 117 Å². The van der Waals surface area contributed by atoms with Crippen LogP contribution in [0.3, 0.4) is 0 Å². The molecule has 1 heterocycles. The number of anilines is 1. The van der Waals surface area contributed by atoms with Gasteiger partial charge in [0.1, 0.15) is 17.3 Å². The summed E-state index contributed by atoms with van der Waals surface area (Å²) >= 11 is 0. The second-order valence-electron chi connectivity index (χ2n) is 5.54. The Morgan fingerprint density at radius 1 is 1.60 bits per heavy atom. The number of nitriles is 1. The second-order valence-corrected chi connectivity index (χ2v) is 5.54. The predicted octanol–water partition coefficient (Wildman–Crippen LogP) is 2.10. The molecule has 1 saturated carbocycles. The number of nitrogens with zero attached hydrogens (tertiary/aromatic N) is 3. The molecule has 1 aromatic heterocycles. The van der Waals surface area contributed by atoms with Crippen LogP contribution in [0.25, 0.3) is 0 Å². The van der Waals surface area contributed by atoms with Crippen LogP contribution in [-0.2, 0) is 4.79 Å². The first-order chi connectivity index (χ1) is 9.45. The van der Waals surface area contributed by atoms with Crippen molar-refractivity contribution in [1.29, 1.82) is 5.26 Å². The highest BCUT2D eigenvalue weighted by molar-refractivity contribution is 5.82. The van der Waals surface area contributed by atoms with Crippen LogP contribution in [0.1, 0.15) is 44.0 Å². The van der Waals surface area contributed by atoms with Gasteiger partial charge in [-0.25, -0.2) is 14.8 Å². The quantitative estimate of drug-likeness (QED) is 0.875. The van der Waals surface area contributed by atoms with E-state index in [1.165, 1.54) is 0 Å². The summed E-state index contributed by atoms with van der Waals surface area (Å²) in [6.07, 6.45) is 2.99. The zero-order chi connectivity index (χ0) is 14.8. The third-order valence-corrected chi connectivity index (χ3v) is 3.73. The number of rotatable bonds is 3. The SMILES string of the molecule is Cc1cc(C#N)nc(NC2(C(=O)O)CCCC(C)C2)n1. The lowest BCUT2D eigenvalue weighted by molar-refractivity contribution is -0.144. The van der Waals surface area contributed by atoms with Crippen molar-refractivity contribution >= 4 is 11.9 Å². The van der Waals surface area contributed by atoms with Gasteiger partial charge in [0.25, 0.3) is 0 Å². The fourth-order valence-electron chi connectivity index (χ4n) is 2.81. The van der Waals surface area contributed by atoms with Crippen molar-refractivity contribution in [2.45, 2.75) is 45.1 Å². The van der Waals surface area contributed by atoms with E-state index in [-0.39, 0.29) is 11.6 Å². The zero-order valence-corrected chi connectivity index (χ0v) is 11.7. The first-order valence-corrected chi connectivity index (χ1v) is 6.72. The first kappa shape index (κ1) is 14.3. The summed E-state index contributed by atoms with van der Waals surface area (Å²) in [5.41, 5.74) is -0.147. The summed E-state index contributed by atoms with van der Waals surface area (Å²) in [5.74, 6) is -0.321. The molecule has 20 heavy (non-hydrogen) atoms. The van der Waals surface area contributed by atoms with E-state index in [1.54, 1.807) is 13.0 Å². The van der Waals surface area contributed by atoms with E-state index >= 15 is 0 Å². The summed E-state index contributed by atoms with van der Waals surface area (Å²) in [7, 11) is 0. The topological polar surface area (TPSA) is 98.9 Å². The summed E-state index contributed by atoms with van der Waals surface area (Å²) < 4.78 is 0. The van der Waals surface area contributed by atoms with E-state index in [2.05, 4.69) is 22.2 Å². The normalized spacial score (nSPS) is 25.8. The zero-order valence-electron chi connectivity index (χ0n) is 11.7. The van der Waals surface area contributed by atoms with Crippen molar-refractivity contribution in [1.82, 2.24) is 9.97 Å². The van der Waals surface area contributed by atoms with Crippen molar-refractivity contribution < 1.29 is 9.90 Å². The maximum atomic E-state index is 11.7. The molecule has 0 aromatic carbocycles. The Kier molecular flexibility index (Phi) is 3.89. The van der Waals surface area contributed by atoms with Gasteiger partial charge in [0.2, 0.25) is 5.95 Å². The molecular weight excluding hydrogens is 256 g/mol. The lowest BCUT2D eigenvalue weighted by atomic mass is 9.76. The van der Waals surface area contributed by atoms with Gasteiger partial charge >= 0.3 is 5.97 Å². The third kappa shape index (κ3) is 2.87. The van der Waals surface area contributed by atoms with Crippen molar-refractivity contribution in [3.63, 3.8) is 0 Å². The molecule has 6 nitrogen and oxygen atoms in total. The molecular formula is C14H18N4O2. The van der Waals surface area contributed by atoms with E-state index in [9.17, 15) is 9.90 Å². The number of hydrogen-bond donors (Lipinski definition) is 2. The minimum atomic E-state index is -1.03. The van der Waals surface area contributed by atoms with Gasteiger partial charge in [0.15, 0.2) is 0 Å². The Balaban J connectivity index is 2.31. The van der Waals surface area contributed by atoms with Crippen molar-refractivity contribution in [3.05, 3.63) is 17.5 Å². The maximum Gasteiger partial charge on any atom is 0.329 e. The second kappa shape index (κ2) is 5.45. The average Bonchev–Trinajstić information content (AvgIpc) is 2.37. The average molecular weight is 274 g/mol. The van der Waals surface area contributed by atoms with Crippen molar-refractivity contribution in [3.8, 4) is 6.07 Å². The van der Waals surface area contributed by atoms with Crippen molar-refractivity contribution in [2.24, 2.45) is 5.92 Å². The standard InChI is InChI=1S/C14H18N4O2/c1-9-4-3-5-14(7-9,12(19)20)18-13-16-10(2)6-11(8-15)17-13/h6,9H,3-5,7H2,1-2H3,(H,19,20)(H,16,17,18). The molecule has 2 rings (SSSR count). The number of carboxylic acid groups (broad SMARTS) is 1. The Morgan fingerprint density at radius 2 is 2.35 bits per heavy atom. The number of hydrogen-bond acceptors (Lipinski definition) is 5. The van der Waals surface area contributed by atoms with Crippen molar-refractivity contribution in [2.75, 3.05) is 5.32 Å². The van der Waals surface area contributed by atoms with Gasteiger partial charge in [0.05, 0.1) is 0 Å². The van der Waals surface area contributed by atoms with Gasteiger partial charge in [-0.05, 0) is 31.7 Å². The third-order valence-electron chi connectivity index (χ3n) is 3.73. The van der Waals surface area contributed by atoms with Crippen LogP contribution in [0.5, 0.6) is 0 Å². The van der Waals surface area contributed by atoms with Crippen LogP contribution in [0, 0.1) is 24.2 Å². The maximum absolute atomic E-state index is 11.7. The molecule has 0 bridgehead atoms. The monoisotopic (exact) mass is 274 g/mol. The van der Waals surface area contributed by atoms with Gasteiger partial charge < -0.3 is 10.4 Å². The van der Waals surface area contributed by atoms with Crippen LogP contribution in [-0.4, -0.2) is 26.6 Å². The van der Waals surface area contributed by atoms with Crippen LogP contribution in [0.15, 0.2) is 6.07 Å². The molecule has 2 atom stereocenters. The molecule has 1 fully saturated rings. The number of aliphatic carboxylic acids is 1. The number of aromatic nitrogens is 2.